The van der Waals surface area contributed by atoms with Gasteiger partial charge in [-0.3, -0.25) is 29.5 Å². The molecule has 2 atom stereocenters. The van der Waals surface area contributed by atoms with Crippen molar-refractivity contribution in [2.24, 2.45) is 11.8 Å². The van der Waals surface area contributed by atoms with Crippen molar-refractivity contribution in [1.82, 2.24) is 20.4 Å². The molecule has 1 aliphatic carbocycles. The molecule has 1 amide bonds. The molecule has 1 saturated carbocycles. The molecule has 136 valence electrons. The summed E-state index contributed by atoms with van der Waals surface area (Å²) in [6.07, 6.45) is 4.53. The fraction of sp³-hybridized carbons (Fsp3) is 0.611. The molecular weight excluding hydrogens is 320 g/mol. The summed E-state index contributed by atoms with van der Waals surface area (Å²) in [4.78, 5) is 37.8. The Kier molecular flexibility index (Phi) is 5.22. The van der Waals surface area contributed by atoms with Crippen LogP contribution in [0.2, 0.25) is 0 Å². The number of carbonyl (C=O) groups is 1. The number of H-pyrrole nitrogens is 2. The van der Waals surface area contributed by atoms with Crippen LogP contribution in [0, 0.1) is 11.8 Å². The SMILES string of the molecule is CC=C(C)CN1C[C@H](NC(=O)Cc2cc(=O)[nH][nH]c2=O)[C@@H](C2CC2)C1. The second kappa shape index (κ2) is 7.39. The van der Waals surface area contributed by atoms with Gasteiger partial charge in [-0.15, -0.1) is 0 Å². The number of nitrogens with one attached hydrogen (secondary N) is 3. The molecule has 1 aromatic rings. The predicted octanol–water partition coefficient (Wildman–Crippen LogP) is 0.399. The van der Waals surface area contributed by atoms with E-state index < -0.39 is 11.1 Å². The maximum Gasteiger partial charge on any atom is 0.266 e. The van der Waals surface area contributed by atoms with Crippen LogP contribution in [0.15, 0.2) is 27.3 Å². The van der Waals surface area contributed by atoms with E-state index in [1.165, 1.54) is 24.5 Å². The normalized spacial score (nSPS) is 24.5. The van der Waals surface area contributed by atoms with Crippen molar-refractivity contribution < 1.29 is 4.79 Å². The number of carbonyl (C=O) groups excluding carboxylic acids is 1. The summed E-state index contributed by atoms with van der Waals surface area (Å²) in [5.74, 6) is 0.978. The smallest absolute Gasteiger partial charge is 0.266 e. The Bertz CT molecular complexity index is 775. The van der Waals surface area contributed by atoms with Crippen molar-refractivity contribution in [3.05, 3.63) is 44.0 Å². The fourth-order valence-electron chi connectivity index (χ4n) is 3.66. The molecule has 0 aromatic carbocycles. The number of hydrogen-bond donors (Lipinski definition) is 3. The first-order valence-corrected chi connectivity index (χ1v) is 8.90. The Morgan fingerprint density at radius 1 is 1.32 bits per heavy atom. The van der Waals surface area contributed by atoms with Crippen molar-refractivity contribution in [3.8, 4) is 0 Å². The summed E-state index contributed by atoms with van der Waals surface area (Å²) in [6, 6.07) is 1.30. The second-order valence-electron chi connectivity index (χ2n) is 7.29. The van der Waals surface area contributed by atoms with Crippen LogP contribution in [0.5, 0.6) is 0 Å². The molecule has 0 bridgehead atoms. The van der Waals surface area contributed by atoms with Crippen LogP contribution in [0.4, 0.5) is 0 Å². The van der Waals surface area contributed by atoms with Crippen molar-refractivity contribution in [2.75, 3.05) is 19.6 Å². The van der Waals surface area contributed by atoms with E-state index >= 15 is 0 Å². The van der Waals surface area contributed by atoms with Crippen molar-refractivity contribution >= 4 is 5.91 Å². The highest BCUT2D eigenvalue weighted by Crippen LogP contribution is 2.41. The lowest BCUT2D eigenvalue weighted by Gasteiger charge is -2.19. The van der Waals surface area contributed by atoms with Crippen LogP contribution < -0.4 is 16.4 Å². The van der Waals surface area contributed by atoms with E-state index in [1.807, 2.05) is 6.92 Å². The van der Waals surface area contributed by atoms with Gasteiger partial charge in [0.25, 0.3) is 11.1 Å². The highest BCUT2D eigenvalue weighted by molar-refractivity contribution is 5.78. The number of amides is 1. The number of allylic oxidation sites excluding steroid dienone is 1. The van der Waals surface area contributed by atoms with E-state index in [0.717, 1.165) is 19.6 Å². The summed E-state index contributed by atoms with van der Waals surface area (Å²) < 4.78 is 0. The summed E-state index contributed by atoms with van der Waals surface area (Å²) in [6.45, 7) is 6.94. The third kappa shape index (κ3) is 4.48. The Hall–Kier alpha value is -2.15. The lowest BCUT2D eigenvalue weighted by Crippen LogP contribution is -2.42. The molecule has 2 fully saturated rings. The standard InChI is InChI=1S/C18H26N4O3/c1-3-11(2)8-22-9-14(12-4-5-12)15(10-22)19-16(23)6-13-7-17(24)20-21-18(13)25/h3,7,12,14-15H,4-6,8-10H2,1-2H3,(H,19,23)(H,20,24)(H,21,25)/t14-,15+/m1/s1. The zero-order valence-electron chi connectivity index (χ0n) is 14.8. The number of aromatic amines is 2. The molecule has 7 nitrogen and oxygen atoms in total. The summed E-state index contributed by atoms with van der Waals surface area (Å²) in [5.41, 5.74) is 0.692. The number of hydrogen-bond acceptors (Lipinski definition) is 4. The van der Waals surface area contributed by atoms with Crippen LogP contribution >= 0.6 is 0 Å². The number of rotatable bonds is 6. The Morgan fingerprint density at radius 2 is 2.08 bits per heavy atom. The predicted molar refractivity (Wildman–Crippen MR) is 95.4 cm³/mol. The molecule has 0 radical (unpaired) electrons. The highest BCUT2D eigenvalue weighted by atomic mass is 16.2. The van der Waals surface area contributed by atoms with Gasteiger partial charge in [0.1, 0.15) is 0 Å². The topological polar surface area (TPSA) is 98.1 Å². The Morgan fingerprint density at radius 3 is 2.76 bits per heavy atom. The van der Waals surface area contributed by atoms with Gasteiger partial charge in [-0.1, -0.05) is 11.6 Å². The summed E-state index contributed by atoms with van der Waals surface area (Å²) >= 11 is 0. The maximum atomic E-state index is 12.4. The lowest BCUT2D eigenvalue weighted by molar-refractivity contribution is -0.121. The van der Waals surface area contributed by atoms with Crippen molar-refractivity contribution in [3.63, 3.8) is 0 Å². The number of likely N-dealkylation sites (tertiary alicyclic amines) is 1. The fourth-order valence-corrected chi connectivity index (χ4v) is 3.66. The van der Waals surface area contributed by atoms with Gasteiger partial charge < -0.3 is 5.32 Å². The minimum atomic E-state index is -0.426. The van der Waals surface area contributed by atoms with Gasteiger partial charge in [0.15, 0.2) is 0 Å². The molecule has 25 heavy (non-hydrogen) atoms. The molecule has 1 aliphatic heterocycles. The molecule has 0 unspecified atom stereocenters. The van der Waals surface area contributed by atoms with Gasteiger partial charge in [0.05, 0.1) is 6.42 Å². The van der Waals surface area contributed by atoms with Crippen LogP contribution in [-0.4, -0.2) is 46.7 Å². The maximum absolute atomic E-state index is 12.4. The third-order valence-corrected chi connectivity index (χ3v) is 5.23. The highest BCUT2D eigenvalue weighted by Gasteiger charge is 2.42. The molecule has 7 heteroatoms. The first kappa shape index (κ1) is 17.7. The third-order valence-electron chi connectivity index (χ3n) is 5.23. The van der Waals surface area contributed by atoms with Gasteiger partial charge in [0.2, 0.25) is 5.91 Å². The van der Waals surface area contributed by atoms with Crippen LogP contribution in [-0.2, 0) is 11.2 Å². The minimum Gasteiger partial charge on any atom is -0.351 e. The quantitative estimate of drug-likeness (QED) is 0.649. The second-order valence-corrected chi connectivity index (χ2v) is 7.29. The van der Waals surface area contributed by atoms with Crippen LogP contribution in [0.1, 0.15) is 32.3 Å². The van der Waals surface area contributed by atoms with Crippen LogP contribution in [0.3, 0.4) is 0 Å². The molecule has 0 spiro atoms. The number of nitrogens with zero attached hydrogens (tertiary/aromatic N) is 1. The van der Waals surface area contributed by atoms with Gasteiger partial charge in [-0.2, -0.15) is 0 Å². The van der Waals surface area contributed by atoms with Gasteiger partial charge in [-0.25, -0.2) is 0 Å². The minimum absolute atomic E-state index is 0.0684. The zero-order chi connectivity index (χ0) is 18.0. The van der Waals surface area contributed by atoms with E-state index in [-0.39, 0.29) is 23.9 Å². The van der Waals surface area contributed by atoms with E-state index in [9.17, 15) is 14.4 Å². The lowest BCUT2D eigenvalue weighted by atomic mass is 9.98. The molecule has 1 aromatic heterocycles. The Balaban J connectivity index is 1.63. The summed E-state index contributed by atoms with van der Waals surface area (Å²) in [5, 5.41) is 7.56. The van der Waals surface area contributed by atoms with Gasteiger partial charge in [0, 0.05) is 37.3 Å². The van der Waals surface area contributed by atoms with Crippen molar-refractivity contribution in [1.29, 1.82) is 0 Å². The van der Waals surface area contributed by atoms with E-state index in [0.29, 0.717) is 11.8 Å². The first-order chi connectivity index (χ1) is 12.0. The zero-order valence-corrected chi connectivity index (χ0v) is 14.8. The largest absolute Gasteiger partial charge is 0.351 e. The monoisotopic (exact) mass is 346 g/mol. The van der Waals surface area contributed by atoms with E-state index in [2.05, 4.69) is 33.4 Å². The molecule has 2 aliphatic rings. The van der Waals surface area contributed by atoms with E-state index in [4.69, 9.17) is 0 Å². The van der Waals surface area contributed by atoms with Gasteiger partial charge >= 0.3 is 0 Å². The average molecular weight is 346 g/mol. The number of aromatic nitrogens is 2. The Labute approximate surface area is 146 Å². The van der Waals surface area contributed by atoms with Gasteiger partial charge in [-0.05, 0) is 38.5 Å². The molecule has 1 saturated heterocycles. The van der Waals surface area contributed by atoms with Crippen molar-refractivity contribution in [2.45, 2.75) is 39.2 Å². The van der Waals surface area contributed by atoms with Crippen LogP contribution in [0.25, 0.3) is 0 Å². The molecule has 2 heterocycles. The average Bonchev–Trinajstić information content (AvgIpc) is 3.34. The van der Waals surface area contributed by atoms with E-state index in [1.54, 1.807) is 0 Å². The summed E-state index contributed by atoms with van der Waals surface area (Å²) in [7, 11) is 0. The first-order valence-electron chi connectivity index (χ1n) is 8.90. The molecular formula is C18H26N4O3. The molecule has 3 N–H and O–H groups in total. The molecule has 3 rings (SSSR count).